The Kier molecular flexibility index (Phi) is 2.32. The highest BCUT2D eigenvalue weighted by molar-refractivity contribution is 5.82. The number of para-hydroxylation sites is 1. The van der Waals surface area contributed by atoms with Crippen molar-refractivity contribution in [2.45, 2.75) is 13.3 Å². The van der Waals surface area contributed by atoms with Crippen LogP contribution in [0.4, 0.5) is 0 Å². The lowest BCUT2D eigenvalue weighted by molar-refractivity contribution is 0.624. The van der Waals surface area contributed by atoms with Crippen molar-refractivity contribution in [2.75, 3.05) is 0 Å². The van der Waals surface area contributed by atoms with Gasteiger partial charge in [0.1, 0.15) is 11.3 Å². The lowest BCUT2D eigenvalue weighted by Gasteiger charge is -1.98. The molecule has 0 saturated carbocycles. The maximum absolute atomic E-state index is 5.89. The van der Waals surface area contributed by atoms with E-state index in [-0.39, 0.29) is 0 Å². The standard InChI is InChI=1S/C15H12N4O/c1-2-14-17-15-16-8-7-11(19(15)18-14)13-9-10-5-3-4-6-12(10)20-13/h3-9H,2H2,1H3. The van der Waals surface area contributed by atoms with Crippen LogP contribution < -0.4 is 0 Å². The number of hydrogen-bond donors (Lipinski definition) is 0. The largest absolute Gasteiger partial charge is 0.454 e. The minimum atomic E-state index is 0.597. The Morgan fingerprint density at radius 3 is 2.95 bits per heavy atom. The van der Waals surface area contributed by atoms with Gasteiger partial charge in [-0.15, -0.1) is 5.10 Å². The van der Waals surface area contributed by atoms with Crippen molar-refractivity contribution in [1.82, 2.24) is 19.6 Å². The van der Waals surface area contributed by atoms with Crippen LogP contribution in [-0.4, -0.2) is 19.6 Å². The molecule has 0 N–H and O–H groups in total. The fourth-order valence-corrected chi connectivity index (χ4v) is 2.28. The number of hydrogen-bond acceptors (Lipinski definition) is 4. The molecule has 98 valence electrons. The van der Waals surface area contributed by atoms with Gasteiger partial charge in [-0.3, -0.25) is 0 Å². The maximum atomic E-state index is 5.89. The molecule has 0 unspecified atom stereocenters. The van der Waals surface area contributed by atoms with E-state index < -0.39 is 0 Å². The zero-order chi connectivity index (χ0) is 13.5. The Morgan fingerprint density at radius 2 is 2.10 bits per heavy atom. The molecule has 3 heterocycles. The van der Waals surface area contributed by atoms with E-state index in [2.05, 4.69) is 15.1 Å². The molecular formula is C15H12N4O. The normalized spacial score (nSPS) is 11.4. The molecule has 0 aliphatic rings. The lowest BCUT2D eigenvalue weighted by atomic mass is 10.2. The van der Waals surface area contributed by atoms with Crippen molar-refractivity contribution in [3.05, 3.63) is 48.4 Å². The smallest absolute Gasteiger partial charge is 0.253 e. The number of aromatic nitrogens is 4. The van der Waals surface area contributed by atoms with Crippen LogP contribution in [0.2, 0.25) is 0 Å². The average molecular weight is 264 g/mol. The molecule has 0 radical (unpaired) electrons. The monoisotopic (exact) mass is 264 g/mol. The molecule has 0 fully saturated rings. The minimum absolute atomic E-state index is 0.597. The molecule has 4 rings (SSSR count). The Balaban J connectivity index is 1.98. The summed E-state index contributed by atoms with van der Waals surface area (Å²) in [5, 5.41) is 5.53. The number of benzene rings is 1. The summed E-state index contributed by atoms with van der Waals surface area (Å²) in [4.78, 5) is 8.61. The molecular weight excluding hydrogens is 252 g/mol. The van der Waals surface area contributed by atoms with Crippen LogP contribution in [0.15, 0.2) is 47.0 Å². The fraction of sp³-hybridized carbons (Fsp3) is 0.133. The zero-order valence-electron chi connectivity index (χ0n) is 10.9. The number of aryl methyl sites for hydroxylation is 1. The lowest BCUT2D eigenvalue weighted by Crippen LogP contribution is -1.95. The molecule has 0 aliphatic heterocycles. The van der Waals surface area contributed by atoms with Crippen LogP contribution in [0.1, 0.15) is 12.7 Å². The van der Waals surface area contributed by atoms with Crippen molar-refractivity contribution < 1.29 is 4.42 Å². The summed E-state index contributed by atoms with van der Waals surface area (Å²) in [6, 6.07) is 11.8. The van der Waals surface area contributed by atoms with Crippen LogP contribution >= 0.6 is 0 Å². The van der Waals surface area contributed by atoms with Gasteiger partial charge in [0.05, 0.1) is 0 Å². The van der Waals surface area contributed by atoms with Gasteiger partial charge in [-0.1, -0.05) is 25.1 Å². The van der Waals surface area contributed by atoms with E-state index in [4.69, 9.17) is 4.42 Å². The third-order valence-corrected chi connectivity index (χ3v) is 3.28. The highest BCUT2D eigenvalue weighted by Gasteiger charge is 2.12. The van der Waals surface area contributed by atoms with Crippen LogP contribution in [0, 0.1) is 0 Å². The Labute approximate surface area is 114 Å². The summed E-state index contributed by atoms with van der Waals surface area (Å²) in [5.41, 5.74) is 1.72. The molecule has 0 bridgehead atoms. The van der Waals surface area contributed by atoms with Gasteiger partial charge in [-0.05, 0) is 18.2 Å². The highest BCUT2D eigenvalue weighted by atomic mass is 16.3. The molecule has 5 heteroatoms. The number of furan rings is 1. The van der Waals surface area contributed by atoms with Gasteiger partial charge < -0.3 is 4.42 Å². The van der Waals surface area contributed by atoms with Crippen molar-refractivity contribution in [2.24, 2.45) is 0 Å². The first-order valence-electron chi connectivity index (χ1n) is 6.55. The van der Waals surface area contributed by atoms with Crippen molar-refractivity contribution >= 4 is 16.7 Å². The quantitative estimate of drug-likeness (QED) is 0.558. The predicted octanol–water partition coefficient (Wildman–Crippen LogP) is 3.10. The van der Waals surface area contributed by atoms with E-state index in [1.807, 2.05) is 43.3 Å². The highest BCUT2D eigenvalue weighted by Crippen LogP contribution is 2.27. The minimum Gasteiger partial charge on any atom is -0.454 e. The van der Waals surface area contributed by atoms with Crippen molar-refractivity contribution in [1.29, 1.82) is 0 Å². The summed E-state index contributed by atoms with van der Waals surface area (Å²) >= 11 is 0. The SMILES string of the molecule is CCc1nc2nccc(-c3cc4ccccc4o3)n2n1. The van der Waals surface area contributed by atoms with E-state index >= 15 is 0 Å². The van der Waals surface area contributed by atoms with Crippen LogP contribution in [0.25, 0.3) is 28.2 Å². The molecule has 0 spiro atoms. The molecule has 0 saturated heterocycles. The van der Waals surface area contributed by atoms with Gasteiger partial charge in [0, 0.05) is 18.0 Å². The van der Waals surface area contributed by atoms with E-state index in [9.17, 15) is 0 Å². The molecule has 0 atom stereocenters. The zero-order valence-corrected chi connectivity index (χ0v) is 10.9. The van der Waals surface area contributed by atoms with Crippen molar-refractivity contribution in [3.8, 4) is 11.5 Å². The second-order valence-corrected chi connectivity index (χ2v) is 4.57. The van der Waals surface area contributed by atoms with E-state index in [1.165, 1.54) is 0 Å². The third kappa shape index (κ3) is 1.60. The van der Waals surface area contributed by atoms with Gasteiger partial charge in [0.2, 0.25) is 0 Å². The summed E-state index contributed by atoms with van der Waals surface area (Å²) in [5.74, 6) is 2.15. The second-order valence-electron chi connectivity index (χ2n) is 4.57. The Bertz CT molecular complexity index is 873. The van der Waals surface area contributed by atoms with E-state index in [0.29, 0.717) is 5.78 Å². The summed E-state index contributed by atoms with van der Waals surface area (Å²) in [7, 11) is 0. The van der Waals surface area contributed by atoms with Gasteiger partial charge in [-0.2, -0.15) is 9.50 Å². The summed E-state index contributed by atoms with van der Waals surface area (Å²) in [6.45, 7) is 2.02. The predicted molar refractivity (Wildman–Crippen MR) is 75.4 cm³/mol. The maximum Gasteiger partial charge on any atom is 0.253 e. The third-order valence-electron chi connectivity index (χ3n) is 3.28. The topological polar surface area (TPSA) is 56.2 Å². The van der Waals surface area contributed by atoms with Crippen LogP contribution in [0.5, 0.6) is 0 Å². The average Bonchev–Trinajstić information content (AvgIpc) is 3.09. The summed E-state index contributed by atoms with van der Waals surface area (Å²) in [6.07, 6.45) is 2.51. The first-order valence-corrected chi connectivity index (χ1v) is 6.55. The molecule has 5 nitrogen and oxygen atoms in total. The van der Waals surface area contributed by atoms with Crippen LogP contribution in [-0.2, 0) is 6.42 Å². The number of rotatable bonds is 2. The van der Waals surface area contributed by atoms with Crippen molar-refractivity contribution in [3.63, 3.8) is 0 Å². The fourth-order valence-electron chi connectivity index (χ4n) is 2.28. The molecule has 1 aromatic carbocycles. The molecule has 4 aromatic rings. The van der Waals surface area contributed by atoms with Gasteiger partial charge in [0.25, 0.3) is 5.78 Å². The summed E-state index contributed by atoms with van der Waals surface area (Å²) < 4.78 is 7.62. The molecule has 20 heavy (non-hydrogen) atoms. The van der Waals surface area contributed by atoms with Gasteiger partial charge in [-0.25, -0.2) is 4.98 Å². The van der Waals surface area contributed by atoms with Gasteiger partial charge in [0.15, 0.2) is 11.6 Å². The molecule has 3 aromatic heterocycles. The molecule has 0 aliphatic carbocycles. The number of fused-ring (bicyclic) bond motifs is 2. The first kappa shape index (κ1) is 11.2. The Morgan fingerprint density at radius 1 is 1.20 bits per heavy atom. The first-order chi connectivity index (χ1) is 9.85. The second kappa shape index (κ2) is 4.16. The van der Waals surface area contributed by atoms with Crippen LogP contribution in [0.3, 0.4) is 0 Å². The van der Waals surface area contributed by atoms with E-state index in [1.54, 1.807) is 10.7 Å². The molecule has 0 amide bonds. The Hall–Kier alpha value is -2.69. The van der Waals surface area contributed by atoms with E-state index in [0.717, 1.165) is 34.7 Å². The van der Waals surface area contributed by atoms with Gasteiger partial charge >= 0.3 is 0 Å². The number of nitrogens with zero attached hydrogens (tertiary/aromatic N) is 4.